The van der Waals surface area contributed by atoms with E-state index in [1.54, 1.807) is 12.1 Å². The van der Waals surface area contributed by atoms with Gasteiger partial charge in [-0.2, -0.15) is 0 Å². The van der Waals surface area contributed by atoms with Gasteiger partial charge in [-0.05, 0) is 39.3 Å². The molecule has 0 radical (unpaired) electrons. The standard InChI is InChI=1S/C12H13BrFN5O2/c13-9-5-8(1-2-10(9)14)17-6-11-12(19-21-18-11)16-4-3-15-7-20/h1-2,5,7,17H,3-4,6H2,(H,15,20)(H,16,19). The highest BCUT2D eigenvalue weighted by atomic mass is 79.9. The van der Waals surface area contributed by atoms with Crippen LogP contribution in [0.1, 0.15) is 5.69 Å². The molecule has 3 N–H and O–H groups in total. The van der Waals surface area contributed by atoms with E-state index in [2.05, 4.69) is 46.8 Å². The van der Waals surface area contributed by atoms with E-state index in [1.165, 1.54) is 6.07 Å². The van der Waals surface area contributed by atoms with Gasteiger partial charge in [0.25, 0.3) is 0 Å². The lowest BCUT2D eigenvalue weighted by molar-refractivity contribution is -0.109. The molecule has 0 unspecified atom stereocenters. The van der Waals surface area contributed by atoms with Crippen molar-refractivity contribution in [3.05, 3.63) is 34.2 Å². The van der Waals surface area contributed by atoms with Crippen molar-refractivity contribution in [3.63, 3.8) is 0 Å². The first-order valence-corrected chi connectivity index (χ1v) is 6.91. The predicted octanol–water partition coefficient (Wildman–Crippen LogP) is 1.74. The number of benzene rings is 1. The highest BCUT2D eigenvalue weighted by molar-refractivity contribution is 9.10. The molecule has 0 saturated heterocycles. The SMILES string of the molecule is O=CNCCNc1nonc1CNc1ccc(F)c(Br)c1. The third-order valence-electron chi connectivity index (χ3n) is 2.58. The summed E-state index contributed by atoms with van der Waals surface area (Å²) in [6, 6.07) is 4.61. The van der Waals surface area contributed by atoms with Crippen LogP contribution in [-0.4, -0.2) is 29.8 Å². The molecular formula is C12H13BrFN5O2. The molecule has 1 heterocycles. The van der Waals surface area contributed by atoms with Gasteiger partial charge in [-0.3, -0.25) is 4.79 Å². The third kappa shape index (κ3) is 4.42. The summed E-state index contributed by atoms with van der Waals surface area (Å²) in [6.07, 6.45) is 0.623. The molecule has 2 rings (SSSR count). The van der Waals surface area contributed by atoms with Crippen LogP contribution >= 0.6 is 15.9 Å². The zero-order valence-corrected chi connectivity index (χ0v) is 12.5. The first kappa shape index (κ1) is 15.2. The summed E-state index contributed by atoms with van der Waals surface area (Å²) in [7, 11) is 0. The van der Waals surface area contributed by atoms with Gasteiger partial charge >= 0.3 is 0 Å². The van der Waals surface area contributed by atoms with Gasteiger partial charge in [-0.15, -0.1) is 0 Å². The molecular weight excluding hydrogens is 345 g/mol. The number of carbonyl (C=O) groups is 1. The second-order valence-electron chi connectivity index (χ2n) is 4.04. The van der Waals surface area contributed by atoms with Crippen LogP contribution in [0, 0.1) is 5.82 Å². The summed E-state index contributed by atoms with van der Waals surface area (Å²) in [6.45, 7) is 1.33. The summed E-state index contributed by atoms with van der Waals surface area (Å²) < 4.78 is 18.2. The van der Waals surface area contributed by atoms with Crippen molar-refractivity contribution >= 4 is 33.8 Å². The average molecular weight is 358 g/mol. The Labute approximate surface area is 128 Å². The van der Waals surface area contributed by atoms with Crippen LogP contribution in [0.5, 0.6) is 0 Å². The molecule has 0 fully saturated rings. The minimum absolute atomic E-state index is 0.325. The van der Waals surface area contributed by atoms with Crippen LogP contribution in [0.2, 0.25) is 0 Å². The minimum Gasteiger partial charge on any atom is -0.379 e. The molecule has 0 aliphatic heterocycles. The number of aromatic nitrogens is 2. The van der Waals surface area contributed by atoms with Crippen molar-refractivity contribution in [1.82, 2.24) is 15.6 Å². The van der Waals surface area contributed by atoms with Gasteiger partial charge in [-0.25, -0.2) is 9.02 Å². The molecule has 0 aliphatic carbocycles. The number of hydrogen-bond donors (Lipinski definition) is 3. The molecule has 1 amide bonds. The van der Waals surface area contributed by atoms with Crippen molar-refractivity contribution < 1.29 is 13.8 Å². The van der Waals surface area contributed by atoms with E-state index in [-0.39, 0.29) is 5.82 Å². The smallest absolute Gasteiger partial charge is 0.207 e. The molecule has 0 bridgehead atoms. The maximum absolute atomic E-state index is 13.1. The fourth-order valence-corrected chi connectivity index (χ4v) is 1.94. The number of anilines is 2. The highest BCUT2D eigenvalue weighted by Gasteiger charge is 2.09. The van der Waals surface area contributed by atoms with Gasteiger partial charge in [0.1, 0.15) is 11.5 Å². The van der Waals surface area contributed by atoms with E-state index in [0.29, 0.717) is 42.0 Å². The van der Waals surface area contributed by atoms with E-state index in [0.717, 1.165) is 5.69 Å². The van der Waals surface area contributed by atoms with Gasteiger partial charge in [0.2, 0.25) is 6.41 Å². The Balaban J connectivity index is 1.89. The van der Waals surface area contributed by atoms with Crippen molar-refractivity contribution in [2.24, 2.45) is 0 Å². The minimum atomic E-state index is -0.325. The average Bonchev–Trinajstić information content (AvgIpc) is 2.92. The Hall–Kier alpha value is -2.16. The lowest BCUT2D eigenvalue weighted by Gasteiger charge is -2.07. The Morgan fingerprint density at radius 3 is 2.90 bits per heavy atom. The van der Waals surface area contributed by atoms with Crippen molar-refractivity contribution in [2.75, 3.05) is 23.7 Å². The molecule has 1 aromatic carbocycles. The van der Waals surface area contributed by atoms with E-state index < -0.39 is 0 Å². The van der Waals surface area contributed by atoms with Gasteiger partial charge in [0.05, 0.1) is 11.0 Å². The van der Waals surface area contributed by atoms with E-state index in [9.17, 15) is 9.18 Å². The molecule has 2 aromatic rings. The Morgan fingerprint density at radius 2 is 2.14 bits per heavy atom. The second-order valence-corrected chi connectivity index (χ2v) is 4.90. The summed E-state index contributed by atoms with van der Waals surface area (Å²) in [4.78, 5) is 10.1. The zero-order valence-electron chi connectivity index (χ0n) is 10.9. The van der Waals surface area contributed by atoms with Crippen LogP contribution in [0.3, 0.4) is 0 Å². The van der Waals surface area contributed by atoms with Crippen molar-refractivity contribution in [3.8, 4) is 0 Å². The summed E-state index contributed by atoms with van der Waals surface area (Å²) in [5.41, 5.74) is 1.32. The molecule has 0 spiro atoms. The monoisotopic (exact) mass is 357 g/mol. The van der Waals surface area contributed by atoms with Crippen LogP contribution in [0.25, 0.3) is 0 Å². The number of nitrogens with zero attached hydrogens (tertiary/aromatic N) is 2. The normalized spacial score (nSPS) is 10.2. The van der Waals surface area contributed by atoms with E-state index >= 15 is 0 Å². The van der Waals surface area contributed by atoms with E-state index in [4.69, 9.17) is 0 Å². The van der Waals surface area contributed by atoms with Crippen molar-refractivity contribution in [2.45, 2.75) is 6.54 Å². The summed E-state index contributed by atoms with van der Waals surface area (Å²) >= 11 is 3.12. The topological polar surface area (TPSA) is 92.1 Å². The highest BCUT2D eigenvalue weighted by Crippen LogP contribution is 2.21. The number of hydrogen-bond acceptors (Lipinski definition) is 6. The van der Waals surface area contributed by atoms with Crippen molar-refractivity contribution in [1.29, 1.82) is 0 Å². The maximum atomic E-state index is 13.1. The molecule has 9 heteroatoms. The molecule has 0 saturated carbocycles. The Morgan fingerprint density at radius 1 is 1.29 bits per heavy atom. The number of amides is 1. The third-order valence-corrected chi connectivity index (χ3v) is 3.19. The molecule has 1 aromatic heterocycles. The quantitative estimate of drug-likeness (QED) is 0.492. The van der Waals surface area contributed by atoms with Crippen LogP contribution in [0.15, 0.2) is 27.3 Å². The number of rotatable bonds is 8. The predicted molar refractivity (Wildman–Crippen MR) is 78.3 cm³/mol. The fourth-order valence-electron chi connectivity index (χ4n) is 1.56. The lowest BCUT2D eigenvalue weighted by atomic mass is 10.3. The van der Waals surface area contributed by atoms with Crippen LogP contribution < -0.4 is 16.0 Å². The maximum Gasteiger partial charge on any atom is 0.207 e. The zero-order chi connectivity index (χ0) is 15.1. The van der Waals surface area contributed by atoms with E-state index in [1.807, 2.05) is 0 Å². The summed E-state index contributed by atoms with van der Waals surface area (Å²) in [5, 5.41) is 16.1. The number of carbonyl (C=O) groups excluding carboxylic acids is 1. The lowest BCUT2D eigenvalue weighted by Crippen LogP contribution is -2.21. The first-order chi connectivity index (χ1) is 10.2. The van der Waals surface area contributed by atoms with Gasteiger partial charge in [-0.1, -0.05) is 5.16 Å². The van der Waals surface area contributed by atoms with Crippen LogP contribution in [-0.2, 0) is 11.3 Å². The number of nitrogens with one attached hydrogen (secondary N) is 3. The first-order valence-electron chi connectivity index (χ1n) is 6.12. The summed E-state index contributed by atoms with van der Waals surface area (Å²) in [5.74, 6) is 0.171. The Kier molecular flexibility index (Phi) is 5.50. The largest absolute Gasteiger partial charge is 0.379 e. The second kappa shape index (κ2) is 7.58. The molecule has 0 aliphatic rings. The molecule has 0 atom stereocenters. The van der Waals surface area contributed by atoms with Gasteiger partial charge in [0, 0.05) is 18.8 Å². The fraction of sp³-hybridized carbons (Fsp3) is 0.250. The molecule has 7 nitrogen and oxygen atoms in total. The van der Waals surface area contributed by atoms with Gasteiger partial charge in [0.15, 0.2) is 5.82 Å². The van der Waals surface area contributed by atoms with Gasteiger partial charge < -0.3 is 16.0 Å². The number of halogens is 2. The van der Waals surface area contributed by atoms with Crippen LogP contribution in [0.4, 0.5) is 15.9 Å². The Bertz CT molecular complexity index is 607. The molecule has 21 heavy (non-hydrogen) atoms. The molecule has 112 valence electrons.